The Morgan fingerprint density at radius 2 is 1.54 bits per heavy atom. The van der Waals surface area contributed by atoms with Crippen LogP contribution >= 0.6 is 0 Å². The summed E-state index contributed by atoms with van der Waals surface area (Å²) in [5, 5.41) is 24.1. The Morgan fingerprint density at radius 1 is 0.836 bits per heavy atom. The van der Waals surface area contributed by atoms with E-state index in [0.29, 0.717) is 18.6 Å². The van der Waals surface area contributed by atoms with Crippen molar-refractivity contribution in [1.82, 2.24) is 20.9 Å². The number of carbonyl (C=O) groups excluding carboxylic acids is 4. The molecule has 0 radical (unpaired) electrons. The van der Waals surface area contributed by atoms with E-state index < -0.39 is 33.9 Å². The van der Waals surface area contributed by atoms with Crippen LogP contribution in [-0.4, -0.2) is 85.1 Å². The number of ether oxygens (including phenoxy) is 1. The summed E-state index contributed by atoms with van der Waals surface area (Å²) >= 11 is 0. The van der Waals surface area contributed by atoms with Crippen molar-refractivity contribution in [3.05, 3.63) is 113 Å². The van der Waals surface area contributed by atoms with Gasteiger partial charge in [0.05, 0.1) is 18.2 Å². The Labute approximate surface area is 354 Å². The van der Waals surface area contributed by atoms with Gasteiger partial charge in [0, 0.05) is 50.4 Å². The van der Waals surface area contributed by atoms with Gasteiger partial charge in [0.15, 0.2) is 0 Å². The predicted octanol–water partition coefficient (Wildman–Crippen LogP) is 4.74. The molecule has 4 rings (SSSR count). The number of para-hydroxylation sites is 1. The van der Waals surface area contributed by atoms with E-state index in [-0.39, 0.29) is 66.1 Å². The number of carbonyl (C=O) groups is 5. The van der Waals surface area contributed by atoms with Gasteiger partial charge >= 0.3 is 11.9 Å². The fourth-order valence-corrected chi connectivity index (χ4v) is 6.74. The van der Waals surface area contributed by atoms with Crippen molar-refractivity contribution in [1.29, 1.82) is 0 Å². The van der Waals surface area contributed by atoms with Crippen LogP contribution in [0.3, 0.4) is 0 Å². The largest absolute Gasteiger partial charge is 0.481 e. The third-order valence-corrected chi connectivity index (χ3v) is 10.2. The number of benzene rings is 3. The molecule has 0 saturated heterocycles. The van der Waals surface area contributed by atoms with Crippen molar-refractivity contribution in [2.75, 3.05) is 30.9 Å². The molecule has 0 unspecified atom stereocenters. The average molecular weight is 858 g/mol. The molecular formula is C43H51N7O10S. The number of amides is 3. The highest BCUT2D eigenvalue weighted by Crippen LogP contribution is 2.19. The molecule has 0 fully saturated rings. The van der Waals surface area contributed by atoms with E-state index in [1.165, 1.54) is 42.7 Å². The van der Waals surface area contributed by atoms with E-state index in [9.17, 15) is 42.0 Å². The third-order valence-electron chi connectivity index (χ3n) is 9.27. The van der Waals surface area contributed by atoms with Crippen molar-refractivity contribution in [2.24, 2.45) is 5.10 Å². The molecule has 61 heavy (non-hydrogen) atoms. The number of unbranched alkanes of at least 4 members (excludes halogenated alkanes) is 4. The van der Waals surface area contributed by atoms with Gasteiger partial charge in [-0.15, -0.1) is 0 Å². The first-order valence-corrected chi connectivity index (χ1v) is 21.2. The predicted molar refractivity (Wildman–Crippen MR) is 229 cm³/mol. The zero-order valence-electron chi connectivity index (χ0n) is 33.8. The number of anilines is 2. The van der Waals surface area contributed by atoms with Gasteiger partial charge in [0.1, 0.15) is 22.5 Å². The quantitative estimate of drug-likeness (QED) is 0.0119. The van der Waals surface area contributed by atoms with E-state index >= 15 is 0 Å². The van der Waals surface area contributed by atoms with Gasteiger partial charge < -0.3 is 31.1 Å². The van der Waals surface area contributed by atoms with Crippen molar-refractivity contribution >= 4 is 57.5 Å². The number of pyridine rings is 1. The molecule has 7 N–H and O–H groups in total. The van der Waals surface area contributed by atoms with Gasteiger partial charge in [-0.2, -0.15) is 13.5 Å². The zero-order chi connectivity index (χ0) is 44.0. The molecule has 3 amide bonds. The molecule has 0 bridgehead atoms. The molecule has 0 aliphatic rings. The molecule has 0 saturated carbocycles. The van der Waals surface area contributed by atoms with E-state index in [2.05, 4.69) is 36.8 Å². The summed E-state index contributed by atoms with van der Waals surface area (Å²) in [5.41, 5.74) is 5.69. The number of esters is 1. The molecule has 4 aromatic rings. The highest BCUT2D eigenvalue weighted by atomic mass is 32.2. The molecular weight excluding hydrogens is 807 g/mol. The maximum absolute atomic E-state index is 12.9. The third kappa shape index (κ3) is 16.9. The maximum Gasteiger partial charge on any atom is 0.315 e. The summed E-state index contributed by atoms with van der Waals surface area (Å²) in [6, 6.07) is 22.4. The maximum atomic E-state index is 12.9. The molecule has 3 aromatic carbocycles. The summed E-state index contributed by atoms with van der Waals surface area (Å²) in [7, 11) is -2.65. The second-order valence-electron chi connectivity index (χ2n) is 13.9. The molecule has 1 atom stereocenters. The summed E-state index contributed by atoms with van der Waals surface area (Å²) < 4.78 is 38.0. The number of nitrogens with zero attached hydrogens (tertiary/aromatic N) is 2. The van der Waals surface area contributed by atoms with Gasteiger partial charge in [-0.1, -0.05) is 67.8 Å². The lowest BCUT2D eigenvalue weighted by molar-refractivity contribution is -0.137. The topological polar surface area (TPSA) is 255 Å². The molecule has 324 valence electrons. The van der Waals surface area contributed by atoms with Gasteiger partial charge in [0.25, 0.3) is 16.0 Å². The minimum absolute atomic E-state index is 0.0653. The van der Waals surface area contributed by atoms with Crippen LogP contribution in [-0.2, 0) is 42.1 Å². The number of carboxylic acid groups (broad SMARTS) is 1. The molecule has 0 aliphatic carbocycles. The number of aliphatic carboxylic acids is 1. The lowest BCUT2D eigenvalue weighted by Crippen LogP contribution is -2.48. The van der Waals surface area contributed by atoms with Gasteiger partial charge in [-0.3, -0.25) is 34.0 Å². The summed E-state index contributed by atoms with van der Waals surface area (Å²) in [5.74, 6) is -2.23. The van der Waals surface area contributed by atoms with Crippen molar-refractivity contribution in [2.45, 2.75) is 75.1 Å². The Morgan fingerprint density at radius 3 is 2.26 bits per heavy atom. The number of rotatable bonds is 25. The van der Waals surface area contributed by atoms with Gasteiger partial charge in [-0.05, 0) is 73.2 Å². The fourth-order valence-electron chi connectivity index (χ4n) is 6.07. The van der Waals surface area contributed by atoms with Gasteiger partial charge in [0.2, 0.25) is 11.8 Å². The number of hydrogen-bond acceptors (Lipinski definition) is 12. The van der Waals surface area contributed by atoms with E-state index in [1.54, 1.807) is 18.2 Å². The number of aromatic nitrogens is 1. The average Bonchev–Trinajstić information content (AvgIpc) is 3.24. The van der Waals surface area contributed by atoms with Crippen LogP contribution in [0.4, 0.5) is 11.5 Å². The first-order chi connectivity index (χ1) is 29.3. The monoisotopic (exact) mass is 857 g/mol. The molecule has 0 spiro atoms. The first-order valence-electron chi connectivity index (χ1n) is 19.8. The number of aryl methyl sites for hydroxylation is 1. The lowest BCUT2D eigenvalue weighted by Gasteiger charge is -2.18. The van der Waals surface area contributed by atoms with Crippen LogP contribution in [0.2, 0.25) is 0 Å². The smallest absolute Gasteiger partial charge is 0.315 e. The van der Waals surface area contributed by atoms with Gasteiger partial charge in [-0.25, -0.2) is 4.98 Å². The Bertz CT molecular complexity index is 2230. The number of nitrogens with one attached hydrogen (secondary N) is 5. The molecule has 17 nitrogen and oxygen atoms in total. The molecule has 1 heterocycles. The normalized spacial score (nSPS) is 11.6. The SMILES string of the molecule is CNc1ccccc1CC(=O)Oc1ccc(CCCCCCCC(=O)NCCNC(=O)[C@H](CCC(=O)O)NC(=O)c2ccc(N/N=C/c3ccccc3S(=O)(=O)O)nc2)cc1. The zero-order valence-corrected chi connectivity index (χ0v) is 34.6. The van der Waals surface area contributed by atoms with Crippen LogP contribution in [0.5, 0.6) is 5.75 Å². The molecule has 0 aliphatic heterocycles. The van der Waals surface area contributed by atoms with Crippen LogP contribution in [0, 0.1) is 0 Å². The van der Waals surface area contributed by atoms with Crippen molar-refractivity contribution in [3.63, 3.8) is 0 Å². The Hall–Kier alpha value is -6.66. The van der Waals surface area contributed by atoms with Crippen molar-refractivity contribution in [3.8, 4) is 5.75 Å². The second kappa shape index (κ2) is 24.4. The lowest BCUT2D eigenvalue weighted by atomic mass is 10.0. The highest BCUT2D eigenvalue weighted by molar-refractivity contribution is 7.86. The second-order valence-corrected chi connectivity index (χ2v) is 15.3. The summed E-state index contributed by atoms with van der Waals surface area (Å²) in [4.78, 5) is 65.6. The fraction of sp³-hybridized carbons (Fsp3) is 0.326. The summed E-state index contributed by atoms with van der Waals surface area (Å²) in [6.07, 6.45) is 7.77. The van der Waals surface area contributed by atoms with Crippen LogP contribution in [0.1, 0.15) is 78.4 Å². The van der Waals surface area contributed by atoms with E-state index in [4.69, 9.17) is 4.74 Å². The number of hydrogen-bond donors (Lipinski definition) is 7. The highest BCUT2D eigenvalue weighted by Gasteiger charge is 2.22. The van der Waals surface area contributed by atoms with Crippen LogP contribution < -0.4 is 31.4 Å². The Balaban J connectivity index is 1.09. The summed E-state index contributed by atoms with van der Waals surface area (Å²) in [6.45, 7) is 0.213. The molecule has 1 aromatic heterocycles. The van der Waals surface area contributed by atoms with Crippen LogP contribution in [0.15, 0.2) is 101 Å². The van der Waals surface area contributed by atoms with Crippen LogP contribution in [0.25, 0.3) is 0 Å². The minimum Gasteiger partial charge on any atom is -0.481 e. The minimum atomic E-state index is -4.46. The number of hydrazone groups is 1. The van der Waals surface area contributed by atoms with E-state index in [1.807, 2.05) is 43.4 Å². The number of carboxylic acids is 1. The standard InChI is InChI=1S/C43H51N7O10S/c1-44-35-14-9-7-12-31(35)27-41(54)60-34-20-17-30(18-21-34)11-5-3-2-4-6-16-39(51)45-25-26-46-43(56)36(22-24-40(52)53)49-42(55)33-19-23-38(47-28-33)50-48-29-32-13-8-10-15-37(32)61(57,58)59/h7-10,12-15,17-21,23,28-29,36,44H,2-6,11,16,22,24-27H2,1H3,(H,45,51)(H,46,56)(H,47,50)(H,49,55)(H,52,53)(H,57,58,59)/b48-29+/t36-/m0/s1. The van der Waals surface area contributed by atoms with E-state index in [0.717, 1.165) is 48.9 Å². The first kappa shape index (κ1) is 47.0. The van der Waals surface area contributed by atoms with Crippen molar-refractivity contribution < 1.29 is 46.8 Å². The Kier molecular flexibility index (Phi) is 18.8. The molecule has 18 heteroatoms.